The van der Waals surface area contributed by atoms with Crippen LogP contribution in [-0.4, -0.2) is 54.9 Å². The summed E-state index contributed by atoms with van der Waals surface area (Å²) in [6, 6.07) is 0. The number of morpholine rings is 1. The first kappa shape index (κ1) is 15.4. The molecule has 2 atom stereocenters. The zero-order valence-corrected chi connectivity index (χ0v) is 11.3. The summed E-state index contributed by atoms with van der Waals surface area (Å²) >= 11 is 0. The SMILES string of the molecule is CCC(CCN)CCC(=O)N1CCOC(CO)C1. The monoisotopic (exact) mass is 258 g/mol. The van der Waals surface area contributed by atoms with E-state index in [1.165, 1.54) is 0 Å². The van der Waals surface area contributed by atoms with Crippen LogP contribution in [0.5, 0.6) is 0 Å². The van der Waals surface area contributed by atoms with Crippen molar-refractivity contribution >= 4 is 5.91 Å². The Balaban J connectivity index is 2.31. The van der Waals surface area contributed by atoms with Gasteiger partial charge < -0.3 is 20.5 Å². The molecule has 1 heterocycles. The number of aliphatic hydroxyl groups is 1. The highest BCUT2D eigenvalue weighted by Gasteiger charge is 2.23. The van der Waals surface area contributed by atoms with Gasteiger partial charge in [-0.25, -0.2) is 0 Å². The first-order valence-corrected chi connectivity index (χ1v) is 6.91. The van der Waals surface area contributed by atoms with Crippen LogP contribution in [0.25, 0.3) is 0 Å². The van der Waals surface area contributed by atoms with Gasteiger partial charge in [0.2, 0.25) is 5.91 Å². The molecule has 1 fully saturated rings. The van der Waals surface area contributed by atoms with Crippen molar-refractivity contribution in [1.29, 1.82) is 0 Å². The molecule has 2 unspecified atom stereocenters. The van der Waals surface area contributed by atoms with Gasteiger partial charge in [-0.3, -0.25) is 4.79 Å². The van der Waals surface area contributed by atoms with Crippen molar-refractivity contribution in [3.05, 3.63) is 0 Å². The molecule has 0 spiro atoms. The van der Waals surface area contributed by atoms with E-state index < -0.39 is 0 Å². The van der Waals surface area contributed by atoms with Crippen molar-refractivity contribution in [1.82, 2.24) is 4.90 Å². The summed E-state index contributed by atoms with van der Waals surface area (Å²) in [5, 5.41) is 9.04. The average Bonchev–Trinajstić information content (AvgIpc) is 2.43. The topological polar surface area (TPSA) is 75.8 Å². The van der Waals surface area contributed by atoms with E-state index in [9.17, 15) is 4.79 Å². The van der Waals surface area contributed by atoms with Crippen LogP contribution >= 0.6 is 0 Å². The zero-order valence-electron chi connectivity index (χ0n) is 11.3. The Hall–Kier alpha value is -0.650. The lowest BCUT2D eigenvalue weighted by molar-refractivity contribution is -0.140. The summed E-state index contributed by atoms with van der Waals surface area (Å²) < 4.78 is 5.33. The van der Waals surface area contributed by atoms with Gasteiger partial charge in [0.1, 0.15) is 0 Å². The normalized spacial score (nSPS) is 21.9. The summed E-state index contributed by atoms with van der Waals surface area (Å²) in [7, 11) is 0. The second-order valence-electron chi connectivity index (χ2n) is 4.91. The van der Waals surface area contributed by atoms with Crippen molar-refractivity contribution < 1.29 is 14.6 Å². The van der Waals surface area contributed by atoms with Crippen molar-refractivity contribution in [2.45, 2.75) is 38.7 Å². The number of nitrogens with two attached hydrogens (primary N) is 1. The van der Waals surface area contributed by atoms with Crippen molar-refractivity contribution in [2.24, 2.45) is 11.7 Å². The molecule has 0 bridgehead atoms. The Morgan fingerprint density at radius 2 is 2.33 bits per heavy atom. The minimum atomic E-state index is -0.214. The molecule has 1 aliphatic rings. The Morgan fingerprint density at radius 1 is 1.56 bits per heavy atom. The van der Waals surface area contributed by atoms with E-state index in [1.807, 2.05) is 0 Å². The Bertz CT molecular complexity index is 248. The van der Waals surface area contributed by atoms with Gasteiger partial charge in [0.15, 0.2) is 0 Å². The van der Waals surface area contributed by atoms with Crippen LogP contribution in [0, 0.1) is 5.92 Å². The third-order valence-electron chi connectivity index (χ3n) is 3.61. The third-order valence-corrected chi connectivity index (χ3v) is 3.61. The number of rotatable bonds is 7. The van der Waals surface area contributed by atoms with Crippen LogP contribution < -0.4 is 5.73 Å². The second-order valence-corrected chi connectivity index (χ2v) is 4.91. The third kappa shape index (κ3) is 4.92. The number of hydrogen-bond acceptors (Lipinski definition) is 4. The molecule has 0 aromatic carbocycles. The molecule has 1 aliphatic heterocycles. The molecule has 5 nitrogen and oxygen atoms in total. The molecule has 1 rings (SSSR count). The van der Waals surface area contributed by atoms with E-state index in [2.05, 4.69) is 6.92 Å². The first-order chi connectivity index (χ1) is 8.71. The number of ether oxygens (including phenoxy) is 1. The van der Waals surface area contributed by atoms with Crippen molar-refractivity contribution in [2.75, 3.05) is 32.8 Å². The second kappa shape index (κ2) is 8.45. The maximum atomic E-state index is 12.0. The van der Waals surface area contributed by atoms with E-state index in [1.54, 1.807) is 4.90 Å². The predicted molar refractivity (Wildman–Crippen MR) is 70.1 cm³/mol. The first-order valence-electron chi connectivity index (χ1n) is 6.91. The van der Waals surface area contributed by atoms with Gasteiger partial charge in [0, 0.05) is 19.5 Å². The maximum Gasteiger partial charge on any atom is 0.222 e. The fourth-order valence-corrected chi connectivity index (χ4v) is 2.33. The molecule has 0 aromatic heterocycles. The Kier molecular flexibility index (Phi) is 7.23. The van der Waals surface area contributed by atoms with E-state index in [4.69, 9.17) is 15.6 Å². The summed E-state index contributed by atoms with van der Waals surface area (Å²) in [6.07, 6.45) is 3.34. The highest BCUT2D eigenvalue weighted by Crippen LogP contribution is 2.16. The summed E-state index contributed by atoms with van der Waals surface area (Å²) in [5.74, 6) is 0.723. The Morgan fingerprint density at radius 3 is 2.94 bits per heavy atom. The molecule has 3 N–H and O–H groups in total. The summed E-state index contributed by atoms with van der Waals surface area (Å²) in [6.45, 7) is 4.50. The molecule has 106 valence electrons. The summed E-state index contributed by atoms with van der Waals surface area (Å²) in [5.41, 5.74) is 5.55. The van der Waals surface area contributed by atoms with Crippen LogP contribution in [0.15, 0.2) is 0 Å². The molecule has 18 heavy (non-hydrogen) atoms. The lowest BCUT2D eigenvalue weighted by atomic mass is 9.96. The van der Waals surface area contributed by atoms with Gasteiger partial charge in [-0.15, -0.1) is 0 Å². The number of hydrogen-bond donors (Lipinski definition) is 2. The van der Waals surface area contributed by atoms with Crippen LogP contribution in [-0.2, 0) is 9.53 Å². The number of carbonyl (C=O) groups is 1. The molecule has 0 aliphatic carbocycles. The van der Waals surface area contributed by atoms with Gasteiger partial charge >= 0.3 is 0 Å². The van der Waals surface area contributed by atoms with Gasteiger partial charge in [-0.1, -0.05) is 13.3 Å². The van der Waals surface area contributed by atoms with E-state index in [0.29, 0.717) is 38.6 Å². The average molecular weight is 258 g/mol. The smallest absolute Gasteiger partial charge is 0.222 e. The quantitative estimate of drug-likeness (QED) is 0.691. The lowest BCUT2D eigenvalue weighted by Crippen LogP contribution is -2.46. The molecular formula is C13H26N2O3. The number of aliphatic hydroxyl groups excluding tert-OH is 1. The number of carbonyl (C=O) groups excluding carboxylic acids is 1. The van der Waals surface area contributed by atoms with E-state index in [-0.39, 0.29) is 18.6 Å². The minimum absolute atomic E-state index is 0.0193. The van der Waals surface area contributed by atoms with Gasteiger partial charge in [-0.2, -0.15) is 0 Å². The fourth-order valence-electron chi connectivity index (χ4n) is 2.33. The minimum Gasteiger partial charge on any atom is -0.394 e. The fraction of sp³-hybridized carbons (Fsp3) is 0.923. The number of amides is 1. The Labute approximate surface area is 109 Å². The van der Waals surface area contributed by atoms with E-state index >= 15 is 0 Å². The van der Waals surface area contributed by atoms with Gasteiger partial charge in [-0.05, 0) is 25.3 Å². The standard InChI is InChI=1S/C13H26N2O3/c1-2-11(5-6-14)3-4-13(17)15-7-8-18-12(9-15)10-16/h11-12,16H,2-10,14H2,1H3. The maximum absolute atomic E-state index is 12.0. The van der Waals surface area contributed by atoms with Gasteiger partial charge in [0.05, 0.1) is 19.3 Å². The van der Waals surface area contributed by atoms with Crippen LogP contribution in [0.2, 0.25) is 0 Å². The molecule has 1 amide bonds. The van der Waals surface area contributed by atoms with Gasteiger partial charge in [0.25, 0.3) is 0 Å². The highest BCUT2D eigenvalue weighted by molar-refractivity contribution is 5.76. The lowest BCUT2D eigenvalue weighted by Gasteiger charge is -2.32. The van der Waals surface area contributed by atoms with Crippen molar-refractivity contribution in [3.8, 4) is 0 Å². The van der Waals surface area contributed by atoms with Crippen molar-refractivity contribution in [3.63, 3.8) is 0 Å². The zero-order chi connectivity index (χ0) is 13.4. The molecule has 0 radical (unpaired) electrons. The molecule has 5 heteroatoms. The molecule has 1 saturated heterocycles. The number of nitrogens with zero attached hydrogens (tertiary/aromatic N) is 1. The highest BCUT2D eigenvalue weighted by atomic mass is 16.5. The van der Waals surface area contributed by atoms with Crippen LogP contribution in [0.3, 0.4) is 0 Å². The van der Waals surface area contributed by atoms with Crippen LogP contribution in [0.1, 0.15) is 32.6 Å². The predicted octanol–water partition coefficient (Wildman–Crippen LogP) is 0.361. The molecule has 0 aromatic rings. The largest absolute Gasteiger partial charge is 0.394 e. The summed E-state index contributed by atoms with van der Waals surface area (Å²) in [4.78, 5) is 13.8. The molecular weight excluding hydrogens is 232 g/mol. The molecule has 0 saturated carbocycles. The van der Waals surface area contributed by atoms with E-state index in [0.717, 1.165) is 19.3 Å². The van der Waals surface area contributed by atoms with Crippen LogP contribution in [0.4, 0.5) is 0 Å².